The largest absolute Gasteiger partial charge is 0.362 e. The van der Waals surface area contributed by atoms with Crippen LogP contribution in [0.2, 0.25) is 0 Å². The van der Waals surface area contributed by atoms with Gasteiger partial charge in [-0.25, -0.2) is 0 Å². The van der Waals surface area contributed by atoms with Gasteiger partial charge in [0.2, 0.25) is 5.91 Å². The van der Waals surface area contributed by atoms with Crippen LogP contribution in [0.25, 0.3) is 0 Å². The predicted molar refractivity (Wildman–Crippen MR) is 76.8 cm³/mol. The maximum absolute atomic E-state index is 12.2. The van der Waals surface area contributed by atoms with Crippen molar-refractivity contribution in [3.8, 4) is 0 Å². The molecule has 0 saturated heterocycles. The summed E-state index contributed by atoms with van der Waals surface area (Å²) >= 11 is 0. The van der Waals surface area contributed by atoms with Gasteiger partial charge in [0.25, 0.3) is 5.91 Å². The van der Waals surface area contributed by atoms with E-state index >= 15 is 0 Å². The Morgan fingerprint density at radius 3 is 2.25 bits per heavy atom. The third-order valence-corrected chi connectivity index (χ3v) is 2.95. The third-order valence-electron chi connectivity index (χ3n) is 2.95. The highest BCUT2D eigenvalue weighted by Crippen LogP contribution is 2.08. The van der Waals surface area contributed by atoms with Gasteiger partial charge in [0.1, 0.15) is 11.1 Å². The zero-order valence-electron chi connectivity index (χ0n) is 12.7. The molecule has 6 nitrogen and oxygen atoms in total. The Hall–Kier alpha value is -2.11. The molecule has 0 aliphatic carbocycles. The fourth-order valence-electron chi connectivity index (χ4n) is 2.09. The van der Waals surface area contributed by atoms with Gasteiger partial charge in [-0.3, -0.25) is 14.4 Å². The molecule has 0 aromatic carbocycles. The summed E-state index contributed by atoms with van der Waals surface area (Å²) in [5, 5.41) is 2.60. The second kappa shape index (κ2) is 5.48. The molecule has 0 fully saturated rings. The Labute approximate surface area is 118 Å². The van der Waals surface area contributed by atoms with Crippen molar-refractivity contribution in [2.75, 3.05) is 14.1 Å². The molecule has 1 heterocycles. The molecule has 0 aliphatic rings. The van der Waals surface area contributed by atoms with Crippen LogP contribution >= 0.6 is 0 Å². The first kappa shape index (κ1) is 15.9. The van der Waals surface area contributed by atoms with E-state index < -0.39 is 11.4 Å². The first-order valence-corrected chi connectivity index (χ1v) is 6.31. The molecule has 20 heavy (non-hydrogen) atoms. The molecule has 110 valence electrons. The first-order chi connectivity index (χ1) is 9.06. The Bertz CT molecular complexity index is 600. The molecule has 0 aliphatic heterocycles. The maximum atomic E-state index is 12.2. The van der Waals surface area contributed by atoms with Crippen molar-refractivity contribution in [2.45, 2.75) is 33.2 Å². The number of amides is 2. The van der Waals surface area contributed by atoms with Crippen LogP contribution in [-0.4, -0.2) is 41.3 Å². The second-order valence-corrected chi connectivity index (χ2v) is 5.60. The van der Waals surface area contributed by atoms with E-state index in [4.69, 9.17) is 0 Å². The van der Waals surface area contributed by atoms with E-state index in [1.165, 1.54) is 11.0 Å². The topological polar surface area (TPSA) is 82.3 Å². The van der Waals surface area contributed by atoms with E-state index in [1.54, 1.807) is 41.8 Å². The number of aryl methyl sites for hydroxylation is 2. The van der Waals surface area contributed by atoms with Crippen molar-refractivity contribution in [3.63, 3.8) is 0 Å². The highest BCUT2D eigenvalue weighted by molar-refractivity contribution is 5.99. The Kier molecular flexibility index (Phi) is 4.37. The lowest BCUT2D eigenvalue weighted by Crippen LogP contribution is -2.55. The van der Waals surface area contributed by atoms with Crippen molar-refractivity contribution in [3.05, 3.63) is 33.2 Å². The number of H-pyrrole nitrogens is 1. The van der Waals surface area contributed by atoms with E-state index in [9.17, 15) is 14.4 Å². The number of aromatic nitrogens is 1. The van der Waals surface area contributed by atoms with Crippen molar-refractivity contribution in [1.29, 1.82) is 0 Å². The molecule has 2 N–H and O–H groups in total. The van der Waals surface area contributed by atoms with Crippen LogP contribution < -0.4 is 10.7 Å². The Balaban J connectivity index is 3.10. The smallest absolute Gasteiger partial charge is 0.257 e. The minimum atomic E-state index is -1.08. The number of hydrogen-bond donors (Lipinski definition) is 2. The zero-order chi connectivity index (χ0) is 15.7. The van der Waals surface area contributed by atoms with Crippen LogP contribution in [0.1, 0.15) is 35.6 Å². The van der Waals surface area contributed by atoms with E-state index in [0.717, 1.165) is 0 Å². The summed E-state index contributed by atoms with van der Waals surface area (Å²) < 4.78 is 0. The highest BCUT2D eigenvalue weighted by atomic mass is 16.2. The standard InChI is InChI=1S/C14H21N3O3/c1-8-7-10(18)11(9(2)15-8)12(19)16-14(3,4)13(20)17(5)6/h7H,1-6H3,(H,15,18)(H,16,19). The van der Waals surface area contributed by atoms with Crippen LogP contribution in [0.4, 0.5) is 0 Å². The number of hydrogen-bond acceptors (Lipinski definition) is 3. The molecule has 6 heteroatoms. The van der Waals surface area contributed by atoms with Gasteiger partial charge in [0.05, 0.1) is 0 Å². The number of rotatable bonds is 3. The fourth-order valence-corrected chi connectivity index (χ4v) is 2.09. The molecule has 2 amide bonds. The lowest BCUT2D eigenvalue weighted by Gasteiger charge is -2.28. The quantitative estimate of drug-likeness (QED) is 0.849. The summed E-state index contributed by atoms with van der Waals surface area (Å²) in [6.07, 6.45) is 0. The summed E-state index contributed by atoms with van der Waals surface area (Å²) in [6, 6.07) is 1.36. The van der Waals surface area contributed by atoms with Crippen molar-refractivity contribution in [2.24, 2.45) is 0 Å². The molecule has 0 unspecified atom stereocenters. The number of aromatic amines is 1. The van der Waals surface area contributed by atoms with Gasteiger partial charge in [0, 0.05) is 31.5 Å². The van der Waals surface area contributed by atoms with Gasteiger partial charge in [-0.2, -0.15) is 0 Å². The second-order valence-electron chi connectivity index (χ2n) is 5.60. The number of pyridine rings is 1. The Morgan fingerprint density at radius 1 is 1.25 bits per heavy atom. The zero-order valence-corrected chi connectivity index (χ0v) is 12.7. The van der Waals surface area contributed by atoms with Crippen LogP contribution in [0, 0.1) is 13.8 Å². The summed E-state index contributed by atoms with van der Waals surface area (Å²) in [5.74, 6) is -0.795. The minimum Gasteiger partial charge on any atom is -0.362 e. The van der Waals surface area contributed by atoms with Gasteiger partial charge < -0.3 is 15.2 Å². The number of carbonyl (C=O) groups is 2. The van der Waals surface area contributed by atoms with Gasteiger partial charge >= 0.3 is 0 Å². The van der Waals surface area contributed by atoms with E-state index in [2.05, 4.69) is 10.3 Å². The lowest BCUT2D eigenvalue weighted by atomic mass is 10.0. The minimum absolute atomic E-state index is 0.0373. The average Bonchev–Trinajstić information content (AvgIpc) is 2.25. The summed E-state index contributed by atoms with van der Waals surface area (Å²) in [5.41, 5.74) is -0.225. The van der Waals surface area contributed by atoms with Crippen LogP contribution in [0.5, 0.6) is 0 Å². The van der Waals surface area contributed by atoms with Crippen LogP contribution in [0.3, 0.4) is 0 Å². The number of nitrogens with zero attached hydrogens (tertiary/aromatic N) is 1. The SMILES string of the molecule is Cc1cc(=O)c(C(=O)NC(C)(C)C(=O)N(C)C)c(C)[nH]1. The third kappa shape index (κ3) is 3.26. The molecule has 0 radical (unpaired) electrons. The summed E-state index contributed by atoms with van der Waals surface area (Å²) in [7, 11) is 3.22. The van der Waals surface area contributed by atoms with Gasteiger partial charge in [-0.1, -0.05) is 0 Å². The number of nitrogens with one attached hydrogen (secondary N) is 2. The summed E-state index contributed by atoms with van der Waals surface area (Å²) in [6.45, 7) is 6.61. The van der Waals surface area contributed by atoms with E-state index in [-0.39, 0.29) is 16.9 Å². The molecule has 1 rings (SSSR count). The van der Waals surface area contributed by atoms with Crippen molar-refractivity contribution in [1.82, 2.24) is 15.2 Å². The molecular weight excluding hydrogens is 258 g/mol. The molecular formula is C14H21N3O3. The Morgan fingerprint density at radius 2 is 1.80 bits per heavy atom. The molecule has 1 aromatic rings. The van der Waals surface area contributed by atoms with E-state index in [0.29, 0.717) is 11.4 Å². The predicted octanol–water partition coefficient (Wildman–Crippen LogP) is 0.588. The summed E-state index contributed by atoms with van der Waals surface area (Å²) in [4.78, 5) is 40.5. The highest BCUT2D eigenvalue weighted by Gasteiger charge is 2.32. The molecule has 0 atom stereocenters. The lowest BCUT2D eigenvalue weighted by molar-refractivity contribution is -0.134. The first-order valence-electron chi connectivity index (χ1n) is 6.31. The molecule has 0 bridgehead atoms. The van der Waals surface area contributed by atoms with Gasteiger partial charge in [0.15, 0.2) is 5.43 Å². The van der Waals surface area contributed by atoms with Gasteiger partial charge in [-0.05, 0) is 27.7 Å². The number of likely N-dealkylation sites (N-methyl/N-ethyl adjacent to an activating group) is 1. The van der Waals surface area contributed by atoms with Crippen molar-refractivity contribution < 1.29 is 9.59 Å². The van der Waals surface area contributed by atoms with Crippen LogP contribution in [0.15, 0.2) is 10.9 Å². The average molecular weight is 279 g/mol. The van der Waals surface area contributed by atoms with Crippen molar-refractivity contribution >= 4 is 11.8 Å². The van der Waals surface area contributed by atoms with E-state index in [1.807, 2.05) is 0 Å². The maximum Gasteiger partial charge on any atom is 0.257 e. The van der Waals surface area contributed by atoms with Crippen LogP contribution in [-0.2, 0) is 4.79 Å². The normalized spacial score (nSPS) is 11.1. The molecule has 1 aromatic heterocycles. The van der Waals surface area contributed by atoms with Gasteiger partial charge in [-0.15, -0.1) is 0 Å². The molecule has 0 saturated carbocycles. The number of carbonyl (C=O) groups excluding carboxylic acids is 2. The fraction of sp³-hybridized carbons (Fsp3) is 0.500. The molecule has 0 spiro atoms. The monoisotopic (exact) mass is 279 g/mol.